The van der Waals surface area contributed by atoms with E-state index in [-0.39, 0.29) is 18.5 Å². The minimum atomic E-state index is -0.319. The average molecular weight is 255 g/mol. The molecule has 102 valence electrons. The predicted octanol–water partition coefficient (Wildman–Crippen LogP) is 2.58. The van der Waals surface area contributed by atoms with E-state index in [2.05, 4.69) is 0 Å². The fourth-order valence-corrected chi connectivity index (χ4v) is 1.96. The Morgan fingerprint density at radius 3 is 2.61 bits per heavy atom. The van der Waals surface area contributed by atoms with E-state index in [1.165, 1.54) is 0 Å². The van der Waals surface area contributed by atoms with Gasteiger partial charge in [0.2, 0.25) is 0 Å². The fraction of sp³-hybridized carbons (Fsp3) is 0.571. The molecular formula is C14H22FNO2. The van der Waals surface area contributed by atoms with Gasteiger partial charge in [-0.25, -0.2) is 0 Å². The number of halogens is 1. The number of aromatic hydroxyl groups is 1. The molecule has 0 saturated carbocycles. The third-order valence-electron chi connectivity index (χ3n) is 2.85. The lowest BCUT2D eigenvalue weighted by Gasteiger charge is -2.14. The molecule has 0 aliphatic heterocycles. The molecule has 0 aliphatic rings. The van der Waals surface area contributed by atoms with Crippen molar-refractivity contribution >= 4 is 0 Å². The van der Waals surface area contributed by atoms with Crippen molar-refractivity contribution in [3.8, 4) is 11.5 Å². The average Bonchev–Trinajstić information content (AvgIpc) is 2.31. The molecule has 0 bridgehead atoms. The molecule has 3 nitrogen and oxygen atoms in total. The van der Waals surface area contributed by atoms with Gasteiger partial charge in [-0.3, -0.25) is 4.39 Å². The third-order valence-corrected chi connectivity index (χ3v) is 2.85. The zero-order valence-corrected chi connectivity index (χ0v) is 11.1. The first-order valence-corrected chi connectivity index (χ1v) is 6.28. The number of rotatable bonds is 7. The van der Waals surface area contributed by atoms with Crippen molar-refractivity contribution < 1.29 is 14.2 Å². The number of ether oxygens (including phenoxy) is 1. The molecule has 3 N–H and O–H groups in total. The van der Waals surface area contributed by atoms with Crippen LogP contribution in [0.5, 0.6) is 11.5 Å². The SMILES string of the molecule is COc1cc(CCCCF)c(O)cc1CC(C)N. The highest BCUT2D eigenvalue weighted by Crippen LogP contribution is 2.30. The van der Waals surface area contributed by atoms with Gasteiger partial charge in [0, 0.05) is 6.04 Å². The Labute approximate surface area is 108 Å². The fourth-order valence-electron chi connectivity index (χ4n) is 1.96. The van der Waals surface area contributed by atoms with Crippen LogP contribution in [0, 0.1) is 0 Å². The number of aryl methyl sites for hydroxylation is 1. The molecule has 1 rings (SSSR count). The smallest absolute Gasteiger partial charge is 0.122 e. The van der Waals surface area contributed by atoms with Crippen LogP contribution in [0.15, 0.2) is 12.1 Å². The van der Waals surface area contributed by atoms with Crippen molar-refractivity contribution in [1.29, 1.82) is 0 Å². The summed E-state index contributed by atoms with van der Waals surface area (Å²) in [5.41, 5.74) is 7.46. The number of phenols is 1. The molecule has 0 saturated heterocycles. The van der Waals surface area contributed by atoms with Crippen molar-refractivity contribution in [3.05, 3.63) is 23.3 Å². The normalized spacial score (nSPS) is 12.4. The van der Waals surface area contributed by atoms with Crippen molar-refractivity contribution in [2.75, 3.05) is 13.8 Å². The van der Waals surface area contributed by atoms with E-state index in [1.807, 2.05) is 13.0 Å². The second-order valence-corrected chi connectivity index (χ2v) is 4.62. The molecule has 18 heavy (non-hydrogen) atoms. The summed E-state index contributed by atoms with van der Waals surface area (Å²) in [6, 6.07) is 3.54. The minimum Gasteiger partial charge on any atom is -0.508 e. The molecular weight excluding hydrogens is 233 g/mol. The van der Waals surface area contributed by atoms with Gasteiger partial charge in [-0.2, -0.15) is 0 Å². The predicted molar refractivity (Wildman–Crippen MR) is 70.9 cm³/mol. The maximum Gasteiger partial charge on any atom is 0.122 e. The second kappa shape index (κ2) is 7.21. The molecule has 0 aliphatic carbocycles. The summed E-state index contributed by atoms with van der Waals surface area (Å²) in [5, 5.41) is 9.93. The number of alkyl halides is 1. The van der Waals surface area contributed by atoms with E-state index in [0.717, 1.165) is 23.3 Å². The first-order valence-electron chi connectivity index (χ1n) is 6.28. The zero-order chi connectivity index (χ0) is 13.5. The quantitative estimate of drug-likeness (QED) is 0.736. The van der Waals surface area contributed by atoms with Crippen molar-refractivity contribution in [3.63, 3.8) is 0 Å². The molecule has 1 aromatic rings. The van der Waals surface area contributed by atoms with E-state index < -0.39 is 0 Å². The number of nitrogens with two attached hydrogens (primary N) is 1. The third kappa shape index (κ3) is 4.18. The Morgan fingerprint density at radius 2 is 2.06 bits per heavy atom. The molecule has 0 heterocycles. The van der Waals surface area contributed by atoms with Crippen molar-refractivity contribution in [2.45, 2.75) is 38.6 Å². The Balaban J connectivity index is 2.87. The summed E-state index contributed by atoms with van der Waals surface area (Å²) in [5.74, 6) is 0.977. The van der Waals surface area contributed by atoms with E-state index in [1.54, 1.807) is 13.2 Å². The van der Waals surface area contributed by atoms with Crippen LogP contribution in [0.3, 0.4) is 0 Å². The number of hydrogen-bond acceptors (Lipinski definition) is 3. The molecule has 0 fully saturated rings. The van der Waals surface area contributed by atoms with Crippen LogP contribution in [0.25, 0.3) is 0 Å². The Kier molecular flexibility index (Phi) is 5.92. The highest BCUT2D eigenvalue weighted by molar-refractivity contribution is 5.46. The van der Waals surface area contributed by atoms with Crippen LogP contribution in [-0.4, -0.2) is 24.9 Å². The Bertz CT molecular complexity index is 380. The van der Waals surface area contributed by atoms with Gasteiger partial charge < -0.3 is 15.6 Å². The minimum absolute atomic E-state index is 0.00990. The first kappa shape index (κ1) is 14.8. The lowest BCUT2D eigenvalue weighted by molar-refractivity contribution is 0.403. The van der Waals surface area contributed by atoms with E-state index in [9.17, 15) is 9.50 Å². The number of phenolic OH excluding ortho intramolecular Hbond substituents is 1. The van der Waals surface area contributed by atoms with Gasteiger partial charge in [0.15, 0.2) is 0 Å². The van der Waals surface area contributed by atoms with Crippen LogP contribution in [0.1, 0.15) is 30.9 Å². The van der Waals surface area contributed by atoms with Gasteiger partial charge in [0.25, 0.3) is 0 Å². The van der Waals surface area contributed by atoms with Gasteiger partial charge in [0.1, 0.15) is 11.5 Å². The van der Waals surface area contributed by atoms with Crippen LogP contribution in [0.2, 0.25) is 0 Å². The lowest BCUT2D eigenvalue weighted by atomic mass is 10.0. The van der Waals surface area contributed by atoms with Gasteiger partial charge in [-0.15, -0.1) is 0 Å². The summed E-state index contributed by atoms with van der Waals surface area (Å²) in [4.78, 5) is 0. The summed E-state index contributed by atoms with van der Waals surface area (Å²) < 4.78 is 17.4. The topological polar surface area (TPSA) is 55.5 Å². The van der Waals surface area contributed by atoms with E-state index >= 15 is 0 Å². The van der Waals surface area contributed by atoms with E-state index in [0.29, 0.717) is 19.3 Å². The summed E-state index contributed by atoms with van der Waals surface area (Å²) in [6.45, 7) is 1.59. The molecule has 0 amide bonds. The second-order valence-electron chi connectivity index (χ2n) is 4.62. The maximum atomic E-state index is 12.0. The molecule has 1 atom stereocenters. The van der Waals surface area contributed by atoms with Crippen molar-refractivity contribution in [1.82, 2.24) is 0 Å². The number of unbranched alkanes of at least 4 members (excludes halogenated alkanes) is 1. The standard InChI is InChI=1S/C14H22FNO2/c1-10(16)7-12-8-13(17)11(5-3-4-6-15)9-14(12)18-2/h8-10,17H,3-7,16H2,1-2H3. The first-order chi connectivity index (χ1) is 8.58. The Morgan fingerprint density at radius 1 is 1.33 bits per heavy atom. The molecule has 1 aromatic carbocycles. The summed E-state index contributed by atoms with van der Waals surface area (Å²) >= 11 is 0. The number of methoxy groups -OCH3 is 1. The van der Waals surface area contributed by atoms with Crippen LogP contribution in [-0.2, 0) is 12.8 Å². The zero-order valence-electron chi connectivity index (χ0n) is 11.1. The molecule has 1 unspecified atom stereocenters. The number of benzene rings is 1. The van der Waals surface area contributed by atoms with Gasteiger partial charge in [0.05, 0.1) is 13.8 Å². The highest BCUT2D eigenvalue weighted by atomic mass is 19.1. The lowest BCUT2D eigenvalue weighted by Crippen LogP contribution is -2.18. The Hall–Kier alpha value is -1.29. The summed E-state index contributed by atoms with van der Waals surface area (Å²) in [7, 11) is 1.60. The van der Waals surface area contributed by atoms with Crippen LogP contribution in [0.4, 0.5) is 4.39 Å². The molecule has 0 radical (unpaired) electrons. The van der Waals surface area contributed by atoms with Crippen LogP contribution < -0.4 is 10.5 Å². The van der Waals surface area contributed by atoms with Gasteiger partial charge in [-0.1, -0.05) is 0 Å². The van der Waals surface area contributed by atoms with Gasteiger partial charge in [-0.05, 0) is 55.9 Å². The largest absolute Gasteiger partial charge is 0.508 e. The van der Waals surface area contributed by atoms with Gasteiger partial charge >= 0.3 is 0 Å². The monoisotopic (exact) mass is 255 g/mol. The summed E-state index contributed by atoms with van der Waals surface area (Å²) in [6.07, 6.45) is 2.55. The highest BCUT2D eigenvalue weighted by Gasteiger charge is 2.11. The molecule has 0 spiro atoms. The van der Waals surface area contributed by atoms with Crippen molar-refractivity contribution in [2.24, 2.45) is 5.73 Å². The molecule has 4 heteroatoms. The maximum absolute atomic E-state index is 12.0. The van der Waals surface area contributed by atoms with E-state index in [4.69, 9.17) is 10.5 Å². The molecule has 0 aromatic heterocycles. The van der Waals surface area contributed by atoms with Crippen LogP contribution >= 0.6 is 0 Å². The number of hydrogen-bond donors (Lipinski definition) is 2.